The number of aliphatic hydroxyl groups excluding tert-OH is 1. The molecule has 1 N–H and O–H groups in total. The van der Waals surface area contributed by atoms with E-state index in [-0.39, 0.29) is 37.4 Å². The molecule has 2 atom stereocenters. The number of hydrogen-bond acceptors (Lipinski definition) is 4. The zero-order valence-electron chi connectivity index (χ0n) is 12.3. The van der Waals surface area contributed by atoms with E-state index in [9.17, 15) is 14.7 Å². The van der Waals surface area contributed by atoms with Crippen LogP contribution in [0.25, 0.3) is 0 Å². The first kappa shape index (κ1) is 16.0. The Kier molecular flexibility index (Phi) is 5.35. The van der Waals surface area contributed by atoms with Gasteiger partial charge >= 0.3 is 5.97 Å². The van der Waals surface area contributed by atoms with Crippen molar-refractivity contribution in [2.75, 3.05) is 13.2 Å². The molecule has 0 aliphatic carbocycles. The Balaban J connectivity index is 2.41. The van der Waals surface area contributed by atoms with Crippen LogP contribution in [0.15, 0.2) is 0 Å². The van der Waals surface area contributed by atoms with E-state index < -0.39 is 5.60 Å². The number of ether oxygens (including phenoxy) is 1. The maximum Gasteiger partial charge on any atom is 0.306 e. The third kappa shape index (κ3) is 4.82. The van der Waals surface area contributed by atoms with Gasteiger partial charge in [0.1, 0.15) is 5.60 Å². The lowest BCUT2D eigenvalue weighted by Gasteiger charge is -2.25. The van der Waals surface area contributed by atoms with E-state index in [0.29, 0.717) is 12.5 Å². The Morgan fingerprint density at radius 1 is 1.32 bits per heavy atom. The first-order valence-corrected chi connectivity index (χ1v) is 6.87. The lowest BCUT2D eigenvalue weighted by atomic mass is 10.0. The quantitative estimate of drug-likeness (QED) is 0.784. The first-order valence-electron chi connectivity index (χ1n) is 6.87. The molecule has 1 heterocycles. The van der Waals surface area contributed by atoms with Crippen LogP contribution >= 0.6 is 0 Å². The van der Waals surface area contributed by atoms with Crippen LogP contribution in [0, 0.1) is 5.92 Å². The van der Waals surface area contributed by atoms with Crippen LogP contribution in [-0.4, -0.2) is 46.7 Å². The number of amides is 1. The first-order chi connectivity index (χ1) is 8.74. The van der Waals surface area contributed by atoms with E-state index in [1.54, 1.807) is 25.7 Å². The number of hydrogen-bond donors (Lipinski definition) is 1. The predicted molar refractivity (Wildman–Crippen MR) is 71.4 cm³/mol. The molecule has 1 aliphatic heterocycles. The van der Waals surface area contributed by atoms with Crippen LogP contribution in [0.2, 0.25) is 0 Å². The predicted octanol–water partition coefficient (Wildman–Crippen LogP) is 1.34. The average Bonchev–Trinajstić information content (AvgIpc) is 2.65. The zero-order chi connectivity index (χ0) is 14.6. The highest BCUT2D eigenvalue weighted by atomic mass is 16.6. The van der Waals surface area contributed by atoms with E-state index in [1.807, 2.05) is 6.92 Å². The van der Waals surface area contributed by atoms with Gasteiger partial charge in [0, 0.05) is 13.0 Å². The van der Waals surface area contributed by atoms with Gasteiger partial charge in [-0.2, -0.15) is 0 Å². The van der Waals surface area contributed by atoms with Gasteiger partial charge in [-0.3, -0.25) is 9.59 Å². The number of esters is 1. The molecular weight excluding hydrogens is 246 g/mol. The van der Waals surface area contributed by atoms with Crippen LogP contribution < -0.4 is 0 Å². The molecule has 110 valence electrons. The van der Waals surface area contributed by atoms with Gasteiger partial charge in [0.05, 0.1) is 19.1 Å². The largest absolute Gasteiger partial charge is 0.460 e. The summed E-state index contributed by atoms with van der Waals surface area (Å²) in [5, 5.41) is 9.30. The summed E-state index contributed by atoms with van der Waals surface area (Å²) in [7, 11) is 0. The van der Waals surface area contributed by atoms with Crippen molar-refractivity contribution in [2.45, 2.75) is 58.6 Å². The van der Waals surface area contributed by atoms with Crippen molar-refractivity contribution in [3.63, 3.8) is 0 Å². The van der Waals surface area contributed by atoms with E-state index in [2.05, 4.69) is 0 Å². The molecule has 2 unspecified atom stereocenters. The Labute approximate surface area is 114 Å². The van der Waals surface area contributed by atoms with Gasteiger partial charge < -0.3 is 14.7 Å². The molecule has 1 rings (SSSR count). The molecule has 0 aromatic rings. The third-order valence-corrected chi connectivity index (χ3v) is 3.35. The van der Waals surface area contributed by atoms with Gasteiger partial charge in [-0.25, -0.2) is 0 Å². The van der Waals surface area contributed by atoms with Crippen LogP contribution in [0.1, 0.15) is 47.0 Å². The smallest absolute Gasteiger partial charge is 0.306 e. The fourth-order valence-corrected chi connectivity index (χ4v) is 2.34. The molecule has 0 aromatic carbocycles. The summed E-state index contributed by atoms with van der Waals surface area (Å²) in [6.07, 6.45) is 1.15. The van der Waals surface area contributed by atoms with Crippen LogP contribution in [0.4, 0.5) is 0 Å². The van der Waals surface area contributed by atoms with Gasteiger partial charge in [0.25, 0.3) is 0 Å². The van der Waals surface area contributed by atoms with Gasteiger partial charge in [-0.1, -0.05) is 6.92 Å². The van der Waals surface area contributed by atoms with Crippen molar-refractivity contribution in [1.82, 2.24) is 4.90 Å². The fraction of sp³-hybridized carbons (Fsp3) is 0.857. The number of rotatable bonds is 4. The highest BCUT2D eigenvalue weighted by Gasteiger charge is 2.33. The number of carbonyl (C=O) groups is 2. The van der Waals surface area contributed by atoms with Crippen molar-refractivity contribution in [2.24, 2.45) is 5.92 Å². The van der Waals surface area contributed by atoms with E-state index >= 15 is 0 Å². The van der Waals surface area contributed by atoms with Crippen molar-refractivity contribution in [3.8, 4) is 0 Å². The Bertz CT molecular complexity index is 335. The Morgan fingerprint density at radius 3 is 2.47 bits per heavy atom. The molecule has 1 amide bonds. The highest BCUT2D eigenvalue weighted by molar-refractivity contribution is 5.82. The lowest BCUT2D eigenvalue weighted by Crippen LogP contribution is -2.40. The minimum Gasteiger partial charge on any atom is -0.460 e. The second-order valence-corrected chi connectivity index (χ2v) is 6.19. The summed E-state index contributed by atoms with van der Waals surface area (Å²) in [5.41, 5.74) is -0.518. The van der Waals surface area contributed by atoms with E-state index in [4.69, 9.17) is 4.74 Å². The highest BCUT2D eigenvalue weighted by Crippen LogP contribution is 2.24. The molecule has 1 aliphatic rings. The second-order valence-electron chi connectivity index (χ2n) is 6.19. The molecule has 0 saturated carbocycles. The van der Waals surface area contributed by atoms with Gasteiger partial charge in [0.2, 0.25) is 5.91 Å². The fourth-order valence-electron chi connectivity index (χ4n) is 2.34. The second kappa shape index (κ2) is 6.37. The van der Waals surface area contributed by atoms with Crippen molar-refractivity contribution in [3.05, 3.63) is 0 Å². The topological polar surface area (TPSA) is 66.8 Å². The maximum atomic E-state index is 12.0. The van der Waals surface area contributed by atoms with Crippen LogP contribution in [0.3, 0.4) is 0 Å². The van der Waals surface area contributed by atoms with Crippen molar-refractivity contribution in [1.29, 1.82) is 0 Å². The molecule has 1 fully saturated rings. The molecular formula is C14H25NO4. The van der Waals surface area contributed by atoms with E-state index in [0.717, 1.165) is 6.42 Å². The number of nitrogens with zero attached hydrogens (tertiary/aromatic N) is 1. The average molecular weight is 271 g/mol. The van der Waals surface area contributed by atoms with Crippen LogP contribution in [0.5, 0.6) is 0 Å². The summed E-state index contributed by atoms with van der Waals surface area (Å²) in [6, 6.07) is -0.105. The molecule has 5 nitrogen and oxygen atoms in total. The molecule has 0 bridgehead atoms. The van der Waals surface area contributed by atoms with Gasteiger partial charge in [-0.15, -0.1) is 0 Å². The van der Waals surface area contributed by atoms with Gasteiger partial charge in [0.15, 0.2) is 0 Å². The van der Waals surface area contributed by atoms with Crippen molar-refractivity contribution >= 4 is 11.9 Å². The molecule has 5 heteroatoms. The number of likely N-dealkylation sites (tertiary alicyclic amines) is 1. The summed E-state index contributed by atoms with van der Waals surface area (Å²) < 4.78 is 5.17. The monoisotopic (exact) mass is 271 g/mol. The van der Waals surface area contributed by atoms with Gasteiger partial charge in [-0.05, 0) is 33.1 Å². The van der Waals surface area contributed by atoms with Crippen LogP contribution in [-0.2, 0) is 14.3 Å². The lowest BCUT2D eigenvalue weighted by molar-refractivity contribution is -0.156. The standard InChI is InChI=1S/C14H25NO4/c1-10-7-8-15(11(10)9-16)12(17)5-6-13(18)19-14(2,3)4/h10-11,16H,5-9H2,1-4H3. The normalized spacial score (nSPS) is 23.5. The summed E-state index contributed by atoms with van der Waals surface area (Å²) in [4.78, 5) is 25.3. The molecule has 0 radical (unpaired) electrons. The zero-order valence-corrected chi connectivity index (χ0v) is 12.3. The molecule has 19 heavy (non-hydrogen) atoms. The number of carbonyl (C=O) groups excluding carboxylic acids is 2. The number of aliphatic hydroxyl groups is 1. The van der Waals surface area contributed by atoms with E-state index in [1.165, 1.54) is 0 Å². The minimum atomic E-state index is -0.518. The SMILES string of the molecule is CC1CCN(C(=O)CCC(=O)OC(C)(C)C)C1CO. The van der Waals surface area contributed by atoms with Crippen molar-refractivity contribution < 1.29 is 19.4 Å². The summed E-state index contributed by atoms with van der Waals surface area (Å²) in [6.45, 7) is 8.09. The Hall–Kier alpha value is -1.10. The Morgan fingerprint density at radius 2 is 1.95 bits per heavy atom. The molecule has 1 saturated heterocycles. The molecule has 0 spiro atoms. The summed E-state index contributed by atoms with van der Waals surface area (Å²) >= 11 is 0. The molecule has 0 aromatic heterocycles. The minimum absolute atomic E-state index is 0.0145. The maximum absolute atomic E-state index is 12.0. The third-order valence-electron chi connectivity index (χ3n) is 3.35. The summed E-state index contributed by atoms with van der Waals surface area (Å²) in [5.74, 6) is -0.113.